The Bertz CT molecular complexity index is 899. The summed E-state index contributed by atoms with van der Waals surface area (Å²) >= 11 is 0. The number of aromatic nitrogens is 2. The summed E-state index contributed by atoms with van der Waals surface area (Å²) in [6, 6.07) is 17.4. The highest BCUT2D eigenvalue weighted by Crippen LogP contribution is 2.11. The second kappa shape index (κ2) is 8.20. The van der Waals surface area contributed by atoms with Gasteiger partial charge in [0.1, 0.15) is 11.5 Å². The van der Waals surface area contributed by atoms with Gasteiger partial charge in [0.15, 0.2) is 0 Å². The van der Waals surface area contributed by atoms with Crippen LogP contribution < -0.4 is 10.6 Å². The maximum Gasteiger partial charge on any atom is 0.274 e. The van der Waals surface area contributed by atoms with E-state index in [4.69, 9.17) is 0 Å². The number of hydrogen-bond donors (Lipinski definition) is 2. The highest BCUT2D eigenvalue weighted by atomic mass is 19.1. The molecule has 0 saturated heterocycles. The number of carbonyl (C=O) groups is 1. The minimum atomic E-state index is -0.307. The molecule has 2 N–H and O–H groups in total. The summed E-state index contributed by atoms with van der Waals surface area (Å²) in [4.78, 5) is 20.9. The Morgan fingerprint density at radius 2 is 1.77 bits per heavy atom. The molecule has 0 aliphatic rings. The molecule has 0 aliphatic carbocycles. The first kappa shape index (κ1) is 17.5. The van der Waals surface area contributed by atoms with Crippen molar-refractivity contribution in [1.82, 2.24) is 9.97 Å². The number of amides is 1. The first-order chi connectivity index (χ1) is 12.6. The first-order valence-corrected chi connectivity index (χ1v) is 8.31. The van der Waals surface area contributed by atoms with Crippen LogP contribution in [0.2, 0.25) is 0 Å². The molecular formula is C20H19FN4O. The standard InChI is InChI=1S/C20H19FN4O/c1-14-13-18(19(26)24-16-8-3-2-4-9-16)25-20(23-14)22-12-11-15-7-5-6-10-17(15)21/h2-10,13H,11-12H2,1H3,(H,24,26)(H,22,23,25). The third kappa shape index (κ3) is 4.63. The molecule has 2 aromatic carbocycles. The zero-order chi connectivity index (χ0) is 18.4. The summed E-state index contributed by atoms with van der Waals surface area (Å²) in [7, 11) is 0. The van der Waals surface area contributed by atoms with E-state index in [2.05, 4.69) is 20.6 Å². The Morgan fingerprint density at radius 1 is 1.04 bits per heavy atom. The molecule has 0 unspecified atom stereocenters. The van der Waals surface area contributed by atoms with Gasteiger partial charge in [-0.3, -0.25) is 4.79 Å². The summed E-state index contributed by atoms with van der Waals surface area (Å²) in [5.41, 5.74) is 2.26. The van der Waals surface area contributed by atoms with E-state index in [1.807, 2.05) is 18.2 Å². The van der Waals surface area contributed by atoms with E-state index in [1.165, 1.54) is 6.07 Å². The smallest absolute Gasteiger partial charge is 0.274 e. The summed E-state index contributed by atoms with van der Waals surface area (Å²) in [5.74, 6) is -0.194. The zero-order valence-corrected chi connectivity index (χ0v) is 14.4. The van der Waals surface area contributed by atoms with E-state index >= 15 is 0 Å². The van der Waals surface area contributed by atoms with Gasteiger partial charge in [-0.15, -0.1) is 0 Å². The third-order valence-electron chi connectivity index (χ3n) is 3.75. The van der Waals surface area contributed by atoms with Crippen molar-refractivity contribution in [2.24, 2.45) is 0 Å². The van der Waals surface area contributed by atoms with E-state index in [0.29, 0.717) is 35.9 Å². The van der Waals surface area contributed by atoms with Crippen LogP contribution in [0.15, 0.2) is 60.7 Å². The number of hydrogen-bond acceptors (Lipinski definition) is 4. The van der Waals surface area contributed by atoms with Gasteiger partial charge < -0.3 is 10.6 Å². The predicted molar refractivity (Wildman–Crippen MR) is 99.8 cm³/mol. The number of aryl methyl sites for hydroxylation is 1. The number of nitrogens with one attached hydrogen (secondary N) is 2. The van der Waals surface area contributed by atoms with Gasteiger partial charge in [0.2, 0.25) is 5.95 Å². The number of carbonyl (C=O) groups excluding carboxylic acids is 1. The van der Waals surface area contributed by atoms with Crippen molar-refractivity contribution in [2.45, 2.75) is 13.3 Å². The van der Waals surface area contributed by atoms with Crippen LogP contribution in [0.25, 0.3) is 0 Å². The number of halogens is 1. The lowest BCUT2D eigenvalue weighted by atomic mass is 10.1. The van der Waals surface area contributed by atoms with E-state index in [-0.39, 0.29) is 17.4 Å². The molecule has 0 saturated carbocycles. The van der Waals surface area contributed by atoms with Crippen LogP contribution in [0.4, 0.5) is 16.0 Å². The molecule has 5 nitrogen and oxygen atoms in total. The summed E-state index contributed by atoms with van der Waals surface area (Å²) in [6.45, 7) is 2.26. The molecule has 26 heavy (non-hydrogen) atoms. The fourth-order valence-electron chi connectivity index (χ4n) is 2.49. The Kier molecular flexibility index (Phi) is 5.53. The second-order valence-corrected chi connectivity index (χ2v) is 5.81. The maximum atomic E-state index is 13.6. The molecule has 1 aromatic heterocycles. The molecule has 0 fully saturated rings. The van der Waals surface area contributed by atoms with Crippen LogP contribution in [0, 0.1) is 12.7 Å². The van der Waals surface area contributed by atoms with Gasteiger partial charge in [0.25, 0.3) is 5.91 Å². The van der Waals surface area contributed by atoms with Crippen LogP contribution in [0.5, 0.6) is 0 Å². The van der Waals surface area contributed by atoms with Crippen molar-refractivity contribution in [1.29, 1.82) is 0 Å². The lowest BCUT2D eigenvalue weighted by Crippen LogP contribution is -2.17. The Morgan fingerprint density at radius 3 is 2.54 bits per heavy atom. The molecule has 0 radical (unpaired) electrons. The fourth-order valence-corrected chi connectivity index (χ4v) is 2.49. The number of benzene rings is 2. The molecule has 1 heterocycles. The van der Waals surface area contributed by atoms with E-state index < -0.39 is 0 Å². The number of nitrogens with zero attached hydrogens (tertiary/aromatic N) is 2. The Balaban J connectivity index is 1.65. The topological polar surface area (TPSA) is 66.9 Å². The van der Waals surface area contributed by atoms with E-state index in [0.717, 1.165) is 0 Å². The van der Waals surface area contributed by atoms with Crippen LogP contribution in [-0.4, -0.2) is 22.4 Å². The van der Waals surface area contributed by atoms with Crippen molar-refractivity contribution in [2.75, 3.05) is 17.2 Å². The molecule has 0 aliphatic heterocycles. The molecule has 132 valence electrons. The van der Waals surface area contributed by atoms with Gasteiger partial charge in [-0.2, -0.15) is 0 Å². The van der Waals surface area contributed by atoms with Gasteiger partial charge in [-0.1, -0.05) is 36.4 Å². The minimum absolute atomic E-state index is 0.234. The lowest BCUT2D eigenvalue weighted by molar-refractivity contribution is 0.102. The van der Waals surface area contributed by atoms with Gasteiger partial charge in [-0.25, -0.2) is 14.4 Å². The molecular weight excluding hydrogens is 331 g/mol. The minimum Gasteiger partial charge on any atom is -0.354 e. The van der Waals surface area contributed by atoms with Crippen molar-refractivity contribution < 1.29 is 9.18 Å². The molecule has 3 aromatic rings. The second-order valence-electron chi connectivity index (χ2n) is 5.81. The summed E-state index contributed by atoms with van der Waals surface area (Å²) < 4.78 is 13.6. The average molecular weight is 350 g/mol. The monoisotopic (exact) mass is 350 g/mol. The highest BCUT2D eigenvalue weighted by Gasteiger charge is 2.11. The van der Waals surface area contributed by atoms with Crippen molar-refractivity contribution >= 4 is 17.5 Å². The first-order valence-electron chi connectivity index (χ1n) is 8.31. The Hall–Kier alpha value is -3.28. The average Bonchev–Trinajstić information content (AvgIpc) is 2.64. The number of anilines is 2. The maximum absolute atomic E-state index is 13.6. The summed E-state index contributed by atoms with van der Waals surface area (Å²) in [6.07, 6.45) is 0.496. The van der Waals surface area contributed by atoms with Gasteiger partial charge in [-0.05, 0) is 43.2 Å². The lowest BCUT2D eigenvalue weighted by Gasteiger charge is -2.09. The largest absolute Gasteiger partial charge is 0.354 e. The van der Waals surface area contributed by atoms with Crippen LogP contribution >= 0.6 is 0 Å². The van der Waals surface area contributed by atoms with Gasteiger partial charge in [0, 0.05) is 17.9 Å². The van der Waals surface area contributed by atoms with Crippen molar-refractivity contribution in [3.8, 4) is 0 Å². The predicted octanol–water partition coefficient (Wildman–Crippen LogP) is 3.83. The number of rotatable bonds is 6. The van der Waals surface area contributed by atoms with Crippen molar-refractivity contribution in [3.05, 3.63) is 83.4 Å². The summed E-state index contributed by atoms with van der Waals surface area (Å²) in [5, 5.41) is 5.85. The zero-order valence-electron chi connectivity index (χ0n) is 14.4. The molecule has 0 spiro atoms. The molecule has 3 rings (SSSR count). The van der Waals surface area contributed by atoms with E-state index in [1.54, 1.807) is 43.3 Å². The van der Waals surface area contributed by atoms with Crippen LogP contribution in [0.1, 0.15) is 21.7 Å². The van der Waals surface area contributed by atoms with Gasteiger partial charge in [0.05, 0.1) is 0 Å². The Labute approximate surface area is 151 Å². The van der Waals surface area contributed by atoms with Crippen LogP contribution in [0.3, 0.4) is 0 Å². The fraction of sp³-hybridized carbons (Fsp3) is 0.150. The van der Waals surface area contributed by atoms with Gasteiger partial charge >= 0.3 is 0 Å². The molecule has 0 bridgehead atoms. The van der Waals surface area contributed by atoms with Crippen LogP contribution in [-0.2, 0) is 6.42 Å². The molecule has 0 atom stereocenters. The highest BCUT2D eigenvalue weighted by molar-refractivity contribution is 6.03. The third-order valence-corrected chi connectivity index (χ3v) is 3.75. The normalized spacial score (nSPS) is 10.4. The quantitative estimate of drug-likeness (QED) is 0.709. The van der Waals surface area contributed by atoms with Crippen molar-refractivity contribution in [3.63, 3.8) is 0 Å². The SMILES string of the molecule is Cc1cc(C(=O)Nc2ccccc2)nc(NCCc2ccccc2F)n1. The number of para-hydroxylation sites is 1. The molecule has 6 heteroatoms. The molecule has 1 amide bonds. The van der Waals surface area contributed by atoms with E-state index in [9.17, 15) is 9.18 Å².